The lowest BCUT2D eigenvalue weighted by molar-refractivity contribution is 0.143. The molecule has 2 rings (SSSR count). The number of methoxy groups -OCH3 is 1. The van der Waals surface area contributed by atoms with Gasteiger partial charge in [-0.15, -0.1) is 0 Å². The molecule has 1 aromatic carbocycles. The van der Waals surface area contributed by atoms with Crippen molar-refractivity contribution < 1.29 is 9.84 Å². The maximum absolute atomic E-state index is 9.44. The van der Waals surface area contributed by atoms with Crippen molar-refractivity contribution >= 4 is 21.6 Å². The second-order valence-electron chi connectivity index (χ2n) is 4.84. The van der Waals surface area contributed by atoms with E-state index < -0.39 is 0 Å². The smallest absolute Gasteiger partial charge is 0.0702 e. The van der Waals surface area contributed by atoms with Crippen LogP contribution in [-0.2, 0) is 11.3 Å². The van der Waals surface area contributed by atoms with Gasteiger partial charge in [-0.1, -0.05) is 22.0 Å². The lowest BCUT2D eigenvalue weighted by Gasteiger charge is -2.35. The molecule has 1 saturated heterocycles. The molecule has 1 heterocycles. The highest BCUT2D eigenvalue weighted by atomic mass is 79.9. The fourth-order valence-electron chi connectivity index (χ4n) is 2.62. The van der Waals surface area contributed by atoms with Crippen molar-refractivity contribution in [1.82, 2.24) is 0 Å². The largest absolute Gasteiger partial charge is 0.392 e. The minimum absolute atomic E-state index is 0.0913. The van der Waals surface area contributed by atoms with E-state index in [1.807, 2.05) is 12.1 Å². The Kier molecular flexibility index (Phi) is 5.03. The maximum Gasteiger partial charge on any atom is 0.0702 e. The highest BCUT2D eigenvalue weighted by molar-refractivity contribution is 9.10. The van der Waals surface area contributed by atoms with E-state index in [4.69, 9.17) is 4.74 Å². The van der Waals surface area contributed by atoms with Crippen molar-refractivity contribution in [3.05, 3.63) is 28.2 Å². The Morgan fingerprint density at radius 3 is 3.06 bits per heavy atom. The Bertz CT molecular complexity index is 395. The van der Waals surface area contributed by atoms with Gasteiger partial charge in [-0.25, -0.2) is 0 Å². The molecule has 0 amide bonds. The van der Waals surface area contributed by atoms with E-state index in [2.05, 4.69) is 26.9 Å². The number of aliphatic hydroxyl groups excluding tert-OH is 1. The van der Waals surface area contributed by atoms with E-state index in [0.29, 0.717) is 5.92 Å². The number of rotatable bonds is 4. The van der Waals surface area contributed by atoms with Crippen molar-refractivity contribution in [2.75, 3.05) is 31.7 Å². The van der Waals surface area contributed by atoms with Crippen LogP contribution in [0.15, 0.2) is 22.7 Å². The summed E-state index contributed by atoms with van der Waals surface area (Å²) in [6.45, 7) is 2.98. The first-order chi connectivity index (χ1) is 8.74. The molecule has 0 spiro atoms. The van der Waals surface area contributed by atoms with Gasteiger partial charge in [0.05, 0.1) is 13.2 Å². The van der Waals surface area contributed by atoms with Crippen LogP contribution in [-0.4, -0.2) is 31.9 Å². The van der Waals surface area contributed by atoms with Crippen molar-refractivity contribution in [2.24, 2.45) is 5.92 Å². The molecule has 1 aromatic rings. The van der Waals surface area contributed by atoms with Gasteiger partial charge >= 0.3 is 0 Å². The molecule has 18 heavy (non-hydrogen) atoms. The molecule has 0 radical (unpaired) electrons. The number of hydrogen-bond acceptors (Lipinski definition) is 3. The van der Waals surface area contributed by atoms with Crippen molar-refractivity contribution in [3.8, 4) is 0 Å². The summed E-state index contributed by atoms with van der Waals surface area (Å²) in [5.74, 6) is 0.592. The number of nitrogens with zero attached hydrogens (tertiary/aromatic N) is 1. The first-order valence-electron chi connectivity index (χ1n) is 6.37. The molecule has 1 aliphatic heterocycles. The topological polar surface area (TPSA) is 32.7 Å². The number of piperidine rings is 1. The molecule has 0 saturated carbocycles. The van der Waals surface area contributed by atoms with Crippen LogP contribution in [0.2, 0.25) is 0 Å². The zero-order valence-electron chi connectivity index (χ0n) is 10.7. The summed E-state index contributed by atoms with van der Waals surface area (Å²) in [7, 11) is 1.76. The summed E-state index contributed by atoms with van der Waals surface area (Å²) in [5, 5.41) is 9.44. The van der Waals surface area contributed by atoms with Crippen molar-refractivity contribution in [2.45, 2.75) is 19.4 Å². The highest BCUT2D eigenvalue weighted by Crippen LogP contribution is 2.29. The Labute approximate surface area is 117 Å². The summed E-state index contributed by atoms with van der Waals surface area (Å²) in [4.78, 5) is 2.36. The molecule has 1 fully saturated rings. The summed E-state index contributed by atoms with van der Waals surface area (Å²) < 4.78 is 6.32. The van der Waals surface area contributed by atoms with Crippen molar-refractivity contribution in [1.29, 1.82) is 0 Å². The molecular weight excluding hydrogens is 294 g/mol. The monoisotopic (exact) mass is 313 g/mol. The first-order valence-corrected chi connectivity index (χ1v) is 7.17. The predicted octanol–water partition coefficient (Wildman–Crippen LogP) is 2.80. The normalized spacial score (nSPS) is 20.2. The van der Waals surface area contributed by atoms with E-state index >= 15 is 0 Å². The Morgan fingerprint density at radius 1 is 1.50 bits per heavy atom. The number of hydrogen-bond donors (Lipinski definition) is 1. The summed E-state index contributed by atoms with van der Waals surface area (Å²) in [6.07, 6.45) is 2.41. The first kappa shape index (κ1) is 13.8. The molecule has 3 nitrogen and oxygen atoms in total. The standard InChI is InChI=1S/C14H20BrNO2/c1-18-10-11-3-2-6-16(8-11)14-7-13(15)5-4-12(14)9-17/h4-5,7,11,17H,2-3,6,8-10H2,1H3. The molecule has 0 bridgehead atoms. The molecule has 4 heteroatoms. The summed E-state index contributed by atoms with van der Waals surface area (Å²) >= 11 is 3.50. The molecule has 0 aliphatic carbocycles. The van der Waals surface area contributed by atoms with Gasteiger partial charge in [0.2, 0.25) is 0 Å². The van der Waals surface area contributed by atoms with E-state index in [0.717, 1.165) is 35.4 Å². The second kappa shape index (κ2) is 6.55. The third kappa shape index (κ3) is 3.25. The zero-order valence-corrected chi connectivity index (χ0v) is 12.3. The van der Waals surface area contributed by atoms with E-state index in [1.54, 1.807) is 7.11 Å². The van der Waals surface area contributed by atoms with E-state index in [9.17, 15) is 5.11 Å². The van der Waals surface area contributed by atoms with Gasteiger partial charge in [-0.2, -0.15) is 0 Å². The molecule has 1 atom stereocenters. The van der Waals surface area contributed by atoms with Gasteiger partial charge in [0.15, 0.2) is 0 Å². The van der Waals surface area contributed by atoms with Gasteiger partial charge in [0.25, 0.3) is 0 Å². The summed E-state index contributed by atoms with van der Waals surface area (Å²) in [6, 6.07) is 6.06. The van der Waals surface area contributed by atoms with Crippen LogP contribution in [0.25, 0.3) is 0 Å². The average Bonchev–Trinajstić information content (AvgIpc) is 2.39. The van der Waals surface area contributed by atoms with Crippen LogP contribution < -0.4 is 4.90 Å². The summed E-state index contributed by atoms with van der Waals surface area (Å²) in [5.41, 5.74) is 2.14. The van der Waals surface area contributed by atoms with Gasteiger partial charge in [0, 0.05) is 35.9 Å². The van der Waals surface area contributed by atoms with Gasteiger partial charge in [-0.05, 0) is 30.9 Å². The molecule has 0 aromatic heterocycles. The zero-order chi connectivity index (χ0) is 13.0. The minimum atomic E-state index is 0.0913. The van der Waals surface area contributed by atoms with Gasteiger partial charge < -0.3 is 14.7 Å². The lowest BCUT2D eigenvalue weighted by atomic mass is 9.97. The van der Waals surface area contributed by atoms with Crippen LogP contribution in [0.1, 0.15) is 18.4 Å². The molecule has 1 unspecified atom stereocenters. The number of aliphatic hydroxyl groups is 1. The fourth-order valence-corrected chi connectivity index (χ4v) is 2.97. The Morgan fingerprint density at radius 2 is 2.33 bits per heavy atom. The second-order valence-corrected chi connectivity index (χ2v) is 5.76. The lowest BCUT2D eigenvalue weighted by Crippen LogP contribution is -2.37. The minimum Gasteiger partial charge on any atom is -0.392 e. The van der Waals surface area contributed by atoms with Crippen LogP contribution in [0.3, 0.4) is 0 Å². The predicted molar refractivity (Wildman–Crippen MR) is 76.9 cm³/mol. The number of anilines is 1. The average molecular weight is 314 g/mol. The number of halogens is 1. The van der Waals surface area contributed by atoms with Gasteiger partial charge in [-0.3, -0.25) is 0 Å². The van der Waals surface area contributed by atoms with Crippen LogP contribution in [0.5, 0.6) is 0 Å². The van der Waals surface area contributed by atoms with Crippen molar-refractivity contribution in [3.63, 3.8) is 0 Å². The van der Waals surface area contributed by atoms with Crippen LogP contribution in [0, 0.1) is 5.92 Å². The number of benzene rings is 1. The highest BCUT2D eigenvalue weighted by Gasteiger charge is 2.21. The SMILES string of the molecule is COCC1CCCN(c2cc(Br)ccc2CO)C1. The third-order valence-electron chi connectivity index (χ3n) is 3.48. The molecular formula is C14H20BrNO2. The molecule has 100 valence electrons. The maximum atomic E-state index is 9.44. The van der Waals surface area contributed by atoms with E-state index in [1.165, 1.54) is 12.8 Å². The van der Waals surface area contributed by atoms with Gasteiger partial charge in [0.1, 0.15) is 0 Å². The Balaban J connectivity index is 2.17. The fraction of sp³-hybridized carbons (Fsp3) is 0.571. The number of ether oxygens (including phenoxy) is 1. The quantitative estimate of drug-likeness (QED) is 0.927. The Hall–Kier alpha value is -0.580. The molecule has 1 aliphatic rings. The van der Waals surface area contributed by atoms with E-state index in [-0.39, 0.29) is 6.61 Å². The molecule has 1 N–H and O–H groups in total. The van der Waals surface area contributed by atoms with Crippen LogP contribution in [0.4, 0.5) is 5.69 Å². The van der Waals surface area contributed by atoms with Crippen LogP contribution >= 0.6 is 15.9 Å². The third-order valence-corrected chi connectivity index (χ3v) is 3.97.